The molecule has 10 nitrogen and oxygen atoms in total. The lowest BCUT2D eigenvalue weighted by atomic mass is 10.1. The van der Waals surface area contributed by atoms with E-state index in [-0.39, 0.29) is 11.4 Å². The first-order valence-electron chi connectivity index (χ1n) is 9.36. The monoisotopic (exact) mass is 445 g/mol. The summed E-state index contributed by atoms with van der Waals surface area (Å²) in [4.78, 5) is 39.1. The lowest BCUT2D eigenvalue weighted by Gasteiger charge is -2.20. The van der Waals surface area contributed by atoms with Crippen LogP contribution < -0.4 is 19.7 Å². The van der Waals surface area contributed by atoms with Gasteiger partial charge in [0.05, 0.1) is 25.6 Å². The quantitative estimate of drug-likeness (QED) is 0.680. The molecule has 2 aliphatic heterocycles. The number of fused-ring (bicyclic) bond motifs is 1. The summed E-state index contributed by atoms with van der Waals surface area (Å²) < 4.78 is 37.4. The van der Waals surface area contributed by atoms with Crippen molar-refractivity contribution < 1.29 is 32.6 Å². The number of carbonyl (C=O) groups is 3. The number of carbonyl (C=O) groups excluding carboxylic acids is 3. The lowest BCUT2D eigenvalue weighted by molar-refractivity contribution is -0.123. The number of methoxy groups -OCH3 is 2. The van der Waals surface area contributed by atoms with Gasteiger partial charge in [-0.1, -0.05) is 5.22 Å². The van der Waals surface area contributed by atoms with Crippen molar-refractivity contribution >= 4 is 29.1 Å². The molecule has 2 aromatic rings. The highest BCUT2D eigenvalue weighted by molar-refractivity contribution is 6.25. The van der Waals surface area contributed by atoms with E-state index in [1.807, 2.05) is 0 Å². The molecule has 0 aromatic heterocycles. The van der Waals surface area contributed by atoms with E-state index >= 15 is 0 Å². The molecule has 3 amide bonds. The number of hydrogen-bond donors (Lipinski definition) is 1. The summed E-state index contributed by atoms with van der Waals surface area (Å²) in [6.07, 6.45) is 0. The van der Waals surface area contributed by atoms with Crippen molar-refractivity contribution in [1.82, 2.24) is 5.01 Å². The van der Waals surface area contributed by atoms with Gasteiger partial charge in [-0.25, -0.2) is 13.7 Å². The van der Waals surface area contributed by atoms with Gasteiger partial charge in [0.25, 0.3) is 11.8 Å². The molecule has 0 spiro atoms. The minimum atomic E-state index is -1.14. The summed E-state index contributed by atoms with van der Waals surface area (Å²) in [5, 5.41) is 10.8. The second-order valence-electron chi connectivity index (χ2n) is 6.92. The van der Waals surface area contributed by atoms with Crippen LogP contribution in [0.15, 0.2) is 46.7 Å². The fourth-order valence-electron chi connectivity index (χ4n) is 3.50. The molecule has 0 aliphatic carbocycles. The van der Waals surface area contributed by atoms with E-state index < -0.39 is 48.0 Å². The molecule has 2 aromatic carbocycles. The molecule has 2 heterocycles. The Labute approximate surface area is 180 Å². The molecule has 0 bridgehead atoms. The van der Waals surface area contributed by atoms with Crippen LogP contribution in [0.1, 0.15) is 0 Å². The zero-order chi connectivity index (χ0) is 23.0. The number of nitrogens with one attached hydrogen (secondary N) is 1. The average Bonchev–Trinajstić information content (AvgIpc) is 3.29. The second kappa shape index (κ2) is 8.21. The predicted molar refractivity (Wildman–Crippen MR) is 106 cm³/mol. The largest absolute Gasteiger partial charge is 0.493 e. The number of rotatable bonds is 6. The van der Waals surface area contributed by atoms with Gasteiger partial charge in [-0.05, 0) is 24.3 Å². The summed E-state index contributed by atoms with van der Waals surface area (Å²) in [6.45, 7) is -0.501. The number of hydrogen-bond acceptors (Lipinski definition) is 8. The van der Waals surface area contributed by atoms with E-state index in [0.29, 0.717) is 11.5 Å². The molecule has 1 N–H and O–H groups in total. The Bertz CT molecular complexity index is 1140. The van der Waals surface area contributed by atoms with Gasteiger partial charge in [-0.3, -0.25) is 19.4 Å². The van der Waals surface area contributed by atoms with E-state index in [0.717, 1.165) is 28.1 Å². The number of imide groups is 1. The third-order valence-corrected chi connectivity index (χ3v) is 4.99. The predicted octanol–water partition coefficient (Wildman–Crippen LogP) is 1.91. The Morgan fingerprint density at radius 3 is 2.53 bits per heavy atom. The van der Waals surface area contributed by atoms with Crippen LogP contribution in [-0.2, 0) is 14.4 Å². The summed E-state index contributed by atoms with van der Waals surface area (Å²) in [6, 6.07) is 4.86. The highest BCUT2D eigenvalue weighted by atomic mass is 19.1. The van der Waals surface area contributed by atoms with Gasteiger partial charge in [-0.15, -0.1) is 0 Å². The van der Waals surface area contributed by atoms with Crippen LogP contribution in [0.25, 0.3) is 0 Å². The molecule has 0 saturated carbocycles. The van der Waals surface area contributed by atoms with E-state index in [9.17, 15) is 23.2 Å². The molecule has 1 fully saturated rings. The number of halogens is 2. The van der Waals surface area contributed by atoms with Crippen LogP contribution in [0.2, 0.25) is 0 Å². The van der Waals surface area contributed by atoms with Gasteiger partial charge >= 0.3 is 0 Å². The van der Waals surface area contributed by atoms with Crippen LogP contribution in [0.4, 0.5) is 20.2 Å². The van der Waals surface area contributed by atoms with Crippen molar-refractivity contribution in [1.29, 1.82) is 0 Å². The smallest absolute Gasteiger partial charge is 0.263 e. The van der Waals surface area contributed by atoms with Gasteiger partial charge in [0.2, 0.25) is 5.91 Å². The van der Waals surface area contributed by atoms with Gasteiger partial charge < -0.3 is 14.8 Å². The maximum atomic E-state index is 13.8. The van der Waals surface area contributed by atoms with E-state index in [2.05, 4.69) is 15.7 Å². The van der Waals surface area contributed by atoms with Crippen LogP contribution in [0.3, 0.4) is 0 Å². The van der Waals surface area contributed by atoms with E-state index in [1.54, 1.807) is 6.07 Å². The van der Waals surface area contributed by atoms with Crippen molar-refractivity contribution in [2.75, 3.05) is 31.0 Å². The van der Waals surface area contributed by atoms with Crippen molar-refractivity contribution in [2.45, 2.75) is 12.1 Å². The third kappa shape index (κ3) is 3.59. The van der Waals surface area contributed by atoms with Crippen molar-refractivity contribution in [2.24, 2.45) is 10.3 Å². The molecule has 2 unspecified atom stereocenters. The summed E-state index contributed by atoms with van der Waals surface area (Å²) in [5.74, 6) is -2.84. The fourth-order valence-corrected chi connectivity index (χ4v) is 3.50. The van der Waals surface area contributed by atoms with Crippen LogP contribution in [0.5, 0.6) is 11.5 Å². The molecule has 2 atom stereocenters. The zero-order valence-corrected chi connectivity index (χ0v) is 16.9. The van der Waals surface area contributed by atoms with Crippen molar-refractivity contribution in [3.63, 3.8) is 0 Å². The van der Waals surface area contributed by atoms with Gasteiger partial charge in [0, 0.05) is 12.1 Å². The van der Waals surface area contributed by atoms with Crippen LogP contribution >= 0.6 is 0 Å². The molecule has 12 heteroatoms. The van der Waals surface area contributed by atoms with Crippen molar-refractivity contribution in [3.05, 3.63) is 48.0 Å². The fraction of sp³-hybridized carbons (Fsp3) is 0.250. The first-order valence-corrected chi connectivity index (χ1v) is 9.36. The minimum absolute atomic E-state index is 0.244. The molecule has 4 rings (SSSR count). The Hall–Kier alpha value is -4.09. The highest BCUT2D eigenvalue weighted by Crippen LogP contribution is 2.36. The number of amides is 3. The maximum Gasteiger partial charge on any atom is 0.263 e. The van der Waals surface area contributed by atoms with E-state index in [4.69, 9.17) is 9.47 Å². The third-order valence-electron chi connectivity index (χ3n) is 4.99. The standard InChI is InChI=1S/C20H17F2N5O5/c1-31-14-6-4-11(8-15(14)32-2)27-19(29)17-18(20(27)30)26(25-24-17)9-16(28)23-13-7-10(21)3-5-12(13)22/h3-8,17-18H,9H2,1-2H3,(H,23,28). The Kier molecular flexibility index (Phi) is 5.43. The molecule has 166 valence electrons. The first kappa shape index (κ1) is 21.2. The van der Waals surface area contributed by atoms with Gasteiger partial charge in [0.1, 0.15) is 18.2 Å². The second-order valence-corrected chi connectivity index (χ2v) is 6.92. The number of ether oxygens (including phenoxy) is 2. The number of anilines is 2. The number of benzene rings is 2. The average molecular weight is 445 g/mol. The Balaban J connectivity index is 1.52. The Morgan fingerprint density at radius 2 is 1.81 bits per heavy atom. The van der Waals surface area contributed by atoms with Crippen LogP contribution in [-0.4, -0.2) is 55.6 Å². The van der Waals surface area contributed by atoms with Gasteiger partial charge in [0.15, 0.2) is 23.6 Å². The Morgan fingerprint density at radius 1 is 1.06 bits per heavy atom. The lowest BCUT2D eigenvalue weighted by Crippen LogP contribution is -2.43. The first-order chi connectivity index (χ1) is 15.3. The summed E-state index contributed by atoms with van der Waals surface area (Å²) in [5.41, 5.74) is -0.114. The molecule has 32 heavy (non-hydrogen) atoms. The molecular formula is C20H17F2N5O5. The number of nitrogens with zero attached hydrogens (tertiary/aromatic N) is 4. The summed E-state index contributed by atoms with van der Waals surface area (Å²) >= 11 is 0. The molecular weight excluding hydrogens is 428 g/mol. The SMILES string of the molecule is COc1ccc(N2C(=O)C3N=NN(CC(=O)Nc4cc(F)ccc4F)C3C2=O)cc1OC. The topological polar surface area (TPSA) is 113 Å². The van der Waals surface area contributed by atoms with Gasteiger partial charge in [-0.2, -0.15) is 5.11 Å². The normalized spacial score (nSPS) is 19.4. The zero-order valence-electron chi connectivity index (χ0n) is 16.9. The van der Waals surface area contributed by atoms with Crippen molar-refractivity contribution in [3.8, 4) is 11.5 Å². The molecule has 0 radical (unpaired) electrons. The maximum absolute atomic E-state index is 13.8. The highest BCUT2D eigenvalue weighted by Gasteiger charge is 2.55. The molecule has 1 saturated heterocycles. The summed E-state index contributed by atoms with van der Waals surface area (Å²) in [7, 11) is 2.87. The molecule has 2 aliphatic rings. The van der Waals surface area contributed by atoms with E-state index in [1.165, 1.54) is 26.4 Å². The minimum Gasteiger partial charge on any atom is -0.493 e. The van der Waals surface area contributed by atoms with Crippen LogP contribution in [0, 0.1) is 11.6 Å².